The van der Waals surface area contributed by atoms with E-state index >= 15 is 0 Å². The van der Waals surface area contributed by atoms with Crippen LogP contribution in [0.25, 0.3) is 0 Å². The largest absolute Gasteiger partial charge is 0.363 e. The summed E-state index contributed by atoms with van der Waals surface area (Å²) >= 11 is 0. The number of carbonyl (C=O) groups is 1. The molecule has 0 radical (unpaired) electrons. The summed E-state index contributed by atoms with van der Waals surface area (Å²) < 4.78 is 0. The summed E-state index contributed by atoms with van der Waals surface area (Å²) in [5.74, 6) is 0.101. The molecule has 1 aromatic rings. The zero-order chi connectivity index (χ0) is 12.3. The Balaban J connectivity index is 2.07. The first kappa shape index (κ1) is 12.2. The van der Waals surface area contributed by atoms with Gasteiger partial charge in [0.15, 0.2) is 0 Å². The number of carbonyl (C=O) groups excluding carboxylic acids is 1. The highest BCUT2D eigenvalue weighted by atomic mass is 16.2. The lowest BCUT2D eigenvalue weighted by atomic mass is 10.1. The van der Waals surface area contributed by atoms with Crippen LogP contribution >= 0.6 is 0 Å². The number of aromatic nitrogens is 1. The summed E-state index contributed by atoms with van der Waals surface area (Å²) in [4.78, 5) is 17.4. The molecule has 1 fully saturated rings. The van der Waals surface area contributed by atoms with E-state index in [1.165, 1.54) is 0 Å². The Hall–Kier alpha value is -1.29. The number of nitrogens with one attached hydrogen (secondary N) is 1. The standard InChI is InChI=1S/C13H21N3O/c1-2-5-10(14)13(17)16-9-4-7-12(16)11-6-3-8-15-11/h3,6,8,10,12,15H,2,4-5,7,9,14H2,1H3/t10-,12?/m0/s1. The van der Waals surface area contributed by atoms with Gasteiger partial charge >= 0.3 is 0 Å². The van der Waals surface area contributed by atoms with Crippen molar-refractivity contribution in [2.24, 2.45) is 5.73 Å². The second-order valence-electron chi connectivity index (χ2n) is 4.71. The minimum atomic E-state index is -0.337. The third-order valence-corrected chi connectivity index (χ3v) is 3.43. The van der Waals surface area contributed by atoms with Crippen molar-refractivity contribution in [3.8, 4) is 0 Å². The maximum atomic E-state index is 12.2. The van der Waals surface area contributed by atoms with Gasteiger partial charge in [0.05, 0.1) is 12.1 Å². The normalized spacial score (nSPS) is 21.8. The van der Waals surface area contributed by atoms with E-state index in [1.807, 2.05) is 23.2 Å². The lowest BCUT2D eigenvalue weighted by molar-refractivity contribution is -0.133. The Bertz CT molecular complexity index is 361. The second kappa shape index (κ2) is 5.36. The van der Waals surface area contributed by atoms with Crippen LogP contribution in [0.4, 0.5) is 0 Å². The maximum Gasteiger partial charge on any atom is 0.240 e. The van der Waals surface area contributed by atoms with Gasteiger partial charge in [-0.1, -0.05) is 13.3 Å². The predicted molar refractivity (Wildman–Crippen MR) is 67.4 cm³/mol. The average Bonchev–Trinajstić information content (AvgIpc) is 2.98. The van der Waals surface area contributed by atoms with Crippen LogP contribution in [0, 0.1) is 0 Å². The van der Waals surface area contributed by atoms with Crippen LogP contribution in [0.2, 0.25) is 0 Å². The molecule has 2 heterocycles. The molecule has 1 aliphatic heterocycles. The summed E-state index contributed by atoms with van der Waals surface area (Å²) in [6.45, 7) is 2.89. The van der Waals surface area contributed by atoms with Crippen molar-refractivity contribution in [1.82, 2.24) is 9.88 Å². The molecule has 4 nitrogen and oxygen atoms in total. The van der Waals surface area contributed by atoms with E-state index in [0.717, 1.165) is 37.9 Å². The number of H-pyrrole nitrogens is 1. The van der Waals surface area contributed by atoms with E-state index < -0.39 is 0 Å². The Morgan fingerprint density at radius 2 is 2.53 bits per heavy atom. The van der Waals surface area contributed by atoms with Crippen molar-refractivity contribution in [3.63, 3.8) is 0 Å². The van der Waals surface area contributed by atoms with Crippen LogP contribution in [0.1, 0.15) is 44.3 Å². The molecule has 0 aromatic carbocycles. The van der Waals surface area contributed by atoms with Crippen molar-refractivity contribution in [1.29, 1.82) is 0 Å². The summed E-state index contributed by atoms with van der Waals surface area (Å²) in [5, 5.41) is 0. The zero-order valence-corrected chi connectivity index (χ0v) is 10.4. The number of amides is 1. The van der Waals surface area contributed by atoms with Crippen LogP contribution in [0.15, 0.2) is 18.3 Å². The minimum absolute atomic E-state index is 0.101. The van der Waals surface area contributed by atoms with Gasteiger partial charge in [-0.05, 0) is 31.4 Å². The quantitative estimate of drug-likeness (QED) is 0.836. The first-order valence-electron chi connectivity index (χ1n) is 6.43. The molecular formula is C13H21N3O. The first-order chi connectivity index (χ1) is 8.24. The zero-order valence-electron chi connectivity index (χ0n) is 10.4. The monoisotopic (exact) mass is 235 g/mol. The minimum Gasteiger partial charge on any atom is -0.363 e. The van der Waals surface area contributed by atoms with Gasteiger partial charge in [0.1, 0.15) is 0 Å². The Morgan fingerprint density at radius 3 is 3.18 bits per heavy atom. The molecule has 1 amide bonds. The van der Waals surface area contributed by atoms with E-state index in [1.54, 1.807) is 0 Å². The number of hydrogen-bond acceptors (Lipinski definition) is 2. The fourth-order valence-corrected chi connectivity index (χ4v) is 2.55. The highest BCUT2D eigenvalue weighted by Crippen LogP contribution is 2.31. The SMILES string of the molecule is CCC[C@H](N)C(=O)N1CCCC1c1ccc[nH]1. The third kappa shape index (κ3) is 2.52. The van der Waals surface area contributed by atoms with Crippen molar-refractivity contribution >= 4 is 5.91 Å². The maximum absolute atomic E-state index is 12.2. The van der Waals surface area contributed by atoms with Crippen LogP contribution in [0.5, 0.6) is 0 Å². The molecule has 0 aliphatic carbocycles. The van der Waals surface area contributed by atoms with Crippen molar-refractivity contribution < 1.29 is 4.79 Å². The fraction of sp³-hybridized carbons (Fsp3) is 0.615. The summed E-state index contributed by atoms with van der Waals surface area (Å²) in [5.41, 5.74) is 7.05. The Kier molecular flexibility index (Phi) is 3.84. The summed E-state index contributed by atoms with van der Waals surface area (Å²) in [6, 6.07) is 3.88. The van der Waals surface area contributed by atoms with Crippen molar-refractivity contribution in [2.75, 3.05) is 6.54 Å². The molecule has 0 spiro atoms. The van der Waals surface area contributed by atoms with Gasteiger partial charge in [-0.15, -0.1) is 0 Å². The number of rotatable bonds is 4. The number of nitrogens with zero attached hydrogens (tertiary/aromatic N) is 1. The van der Waals surface area contributed by atoms with Gasteiger partial charge in [0.25, 0.3) is 0 Å². The van der Waals surface area contributed by atoms with E-state index in [0.29, 0.717) is 0 Å². The number of nitrogens with two attached hydrogens (primary N) is 1. The van der Waals surface area contributed by atoms with Gasteiger partial charge in [-0.25, -0.2) is 0 Å². The molecule has 1 aliphatic rings. The van der Waals surface area contributed by atoms with Gasteiger partial charge in [0, 0.05) is 18.4 Å². The lowest BCUT2D eigenvalue weighted by Crippen LogP contribution is -2.43. The van der Waals surface area contributed by atoms with Crippen LogP contribution < -0.4 is 5.73 Å². The van der Waals surface area contributed by atoms with E-state index in [-0.39, 0.29) is 18.0 Å². The van der Waals surface area contributed by atoms with Gasteiger partial charge in [-0.3, -0.25) is 4.79 Å². The fourth-order valence-electron chi connectivity index (χ4n) is 2.55. The van der Waals surface area contributed by atoms with Gasteiger partial charge in [0.2, 0.25) is 5.91 Å². The number of hydrogen-bond donors (Lipinski definition) is 2. The molecule has 3 N–H and O–H groups in total. The van der Waals surface area contributed by atoms with E-state index in [2.05, 4.69) is 11.9 Å². The van der Waals surface area contributed by atoms with Crippen molar-refractivity contribution in [2.45, 2.75) is 44.7 Å². The van der Waals surface area contributed by atoms with Crippen molar-refractivity contribution in [3.05, 3.63) is 24.0 Å². The van der Waals surface area contributed by atoms with Crippen LogP contribution in [0.3, 0.4) is 0 Å². The molecule has 2 atom stereocenters. The molecule has 2 rings (SSSR count). The highest BCUT2D eigenvalue weighted by Gasteiger charge is 2.32. The molecule has 1 saturated heterocycles. The predicted octanol–water partition coefficient (Wildman–Crippen LogP) is 1.81. The summed E-state index contributed by atoms with van der Waals surface area (Å²) in [6.07, 6.45) is 5.72. The second-order valence-corrected chi connectivity index (χ2v) is 4.71. The molecule has 1 unspecified atom stereocenters. The topological polar surface area (TPSA) is 62.1 Å². The summed E-state index contributed by atoms with van der Waals surface area (Å²) in [7, 11) is 0. The lowest BCUT2D eigenvalue weighted by Gasteiger charge is -2.26. The average molecular weight is 235 g/mol. The van der Waals surface area contributed by atoms with E-state index in [4.69, 9.17) is 5.73 Å². The molecule has 4 heteroatoms. The molecule has 1 aromatic heterocycles. The first-order valence-corrected chi connectivity index (χ1v) is 6.43. The van der Waals surface area contributed by atoms with Gasteiger partial charge < -0.3 is 15.6 Å². The van der Waals surface area contributed by atoms with Gasteiger partial charge in [-0.2, -0.15) is 0 Å². The van der Waals surface area contributed by atoms with E-state index in [9.17, 15) is 4.79 Å². The smallest absolute Gasteiger partial charge is 0.240 e. The number of likely N-dealkylation sites (tertiary alicyclic amines) is 1. The Morgan fingerprint density at radius 1 is 1.71 bits per heavy atom. The van der Waals surface area contributed by atoms with Crippen LogP contribution in [-0.4, -0.2) is 28.4 Å². The number of aromatic amines is 1. The molecule has 0 bridgehead atoms. The molecular weight excluding hydrogens is 214 g/mol. The Labute approximate surface area is 102 Å². The third-order valence-electron chi connectivity index (χ3n) is 3.43. The van der Waals surface area contributed by atoms with Crippen LogP contribution in [-0.2, 0) is 4.79 Å². The molecule has 0 saturated carbocycles. The highest BCUT2D eigenvalue weighted by molar-refractivity contribution is 5.82. The molecule has 94 valence electrons. The molecule has 17 heavy (non-hydrogen) atoms.